The van der Waals surface area contributed by atoms with Crippen LogP contribution >= 0.6 is 0 Å². The highest BCUT2D eigenvalue weighted by atomic mass is 16.6. The van der Waals surface area contributed by atoms with Gasteiger partial charge in [-0.05, 0) is 38.0 Å². The SMILES string of the molecule is C=CC(=O)N1Cc2ccccc2[C@H](C(=O)OC(C)(C)C)C1. The molecule has 1 aromatic rings. The van der Waals surface area contributed by atoms with E-state index in [1.807, 2.05) is 45.0 Å². The monoisotopic (exact) mass is 287 g/mol. The van der Waals surface area contributed by atoms with Crippen LogP contribution in [0.25, 0.3) is 0 Å². The largest absolute Gasteiger partial charge is 0.459 e. The lowest BCUT2D eigenvalue weighted by atomic mass is 9.89. The first-order valence-corrected chi connectivity index (χ1v) is 7.04. The zero-order valence-corrected chi connectivity index (χ0v) is 12.8. The second-order valence-electron chi connectivity index (χ2n) is 6.21. The number of hydrogen-bond donors (Lipinski definition) is 0. The number of carbonyl (C=O) groups excluding carboxylic acids is 2. The maximum Gasteiger partial charge on any atom is 0.315 e. The van der Waals surface area contributed by atoms with Gasteiger partial charge in [-0.25, -0.2) is 0 Å². The first-order valence-electron chi connectivity index (χ1n) is 7.04. The van der Waals surface area contributed by atoms with Gasteiger partial charge in [-0.3, -0.25) is 9.59 Å². The van der Waals surface area contributed by atoms with Gasteiger partial charge in [0.15, 0.2) is 0 Å². The Bertz CT molecular complexity index is 572. The van der Waals surface area contributed by atoms with Crippen LogP contribution in [0.1, 0.15) is 37.8 Å². The Morgan fingerprint density at radius 1 is 1.33 bits per heavy atom. The van der Waals surface area contributed by atoms with E-state index in [4.69, 9.17) is 4.74 Å². The highest BCUT2D eigenvalue weighted by Crippen LogP contribution is 2.30. The van der Waals surface area contributed by atoms with Crippen molar-refractivity contribution in [1.82, 2.24) is 4.90 Å². The first-order chi connectivity index (χ1) is 9.81. The summed E-state index contributed by atoms with van der Waals surface area (Å²) in [4.78, 5) is 26.0. The summed E-state index contributed by atoms with van der Waals surface area (Å²) >= 11 is 0. The number of esters is 1. The molecule has 0 saturated heterocycles. The average molecular weight is 287 g/mol. The van der Waals surface area contributed by atoms with Gasteiger partial charge in [0.25, 0.3) is 0 Å². The molecule has 0 fully saturated rings. The molecule has 0 unspecified atom stereocenters. The fourth-order valence-corrected chi connectivity index (χ4v) is 2.48. The molecule has 21 heavy (non-hydrogen) atoms. The molecular formula is C17H21NO3. The van der Waals surface area contributed by atoms with E-state index in [1.54, 1.807) is 4.90 Å². The lowest BCUT2D eigenvalue weighted by molar-refractivity contribution is -0.157. The van der Waals surface area contributed by atoms with Crippen LogP contribution in [0, 0.1) is 0 Å². The lowest BCUT2D eigenvalue weighted by Crippen LogP contribution is -2.41. The molecule has 1 aliphatic rings. The normalized spacial score (nSPS) is 17.9. The standard InChI is InChI=1S/C17H21NO3/c1-5-15(19)18-10-12-8-6-7-9-13(12)14(11-18)16(20)21-17(2,3)4/h5-9,14H,1,10-11H2,2-4H3/t14-/m1/s1. The molecule has 0 aliphatic carbocycles. The number of hydrogen-bond acceptors (Lipinski definition) is 3. The molecule has 4 nitrogen and oxygen atoms in total. The van der Waals surface area contributed by atoms with Crippen LogP contribution < -0.4 is 0 Å². The van der Waals surface area contributed by atoms with Crippen molar-refractivity contribution in [3.8, 4) is 0 Å². The predicted molar refractivity (Wildman–Crippen MR) is 80.6 cm³/mol. The van der Waals surface area contributed by atoms with E-state index in [9.17, 15) is 9.59 Å². The summed E-state index contributed by atoms with van der Waals surface area (Å²) in [5.41, 5.74) is 1.38. The van der Waals surface area contributed by atoms with E-state index in [0.717, 1.165) is 11.1 Å². The number of ether oxygens (including phenoxy) is 1. The lowest BCUT2D eigenvalue weighted by Gasteiger charge is -2.34. The molecule has 112 valence electrons. The third-order valence-corrected chi connectivity index (χ3v) is 3.37. The Morgan fingerprint density at radius 3 is 2.62 bits per heavy atom. The van der Waals surface area contributed by atoms with Crippen molar-refractivity contribution < 1.29 is 14.3 Å². The highest BCUT2D eigenvalue weighted by Gasteiger charge is 2.34. The third-order valence-electron chi connectivity index (χ3n) is 3.37. The summed E-state index contributed by atoms with van der Waals surface area (Å²) in [7, 11) is 0. The molecule has 1 aromatic carbocycles. The predicted octanol–water partition coefficient (Wildman–Crippen LogP) is 2.64. The first kappa shape index (κ1) is 15.3. The number of nitrogens with zero attached hydrogens (tertiary/aromatic N) is 1. The minimum atomic E-state index is -0.545. The van der Waals surface area contributed by atoms with Crippen molar-refractivity contribution in [2.75, 3.05) is 6.54 Å². The van der Waals surface area contributed by atoms with Crippen molar-refractivity contribution in [3.63, 3.8) is 0 Å². The molecule has 1 amide bonds. The van der Waals surface area contributed by atoms with Gasteiger partial charge in [0.1, 0.15) is 5.60 Å². The summed E-state index contributed by atoms with van der Waals surface area (Å²) in [6, 6.07) is 7.68. The van der Waals surface area contributed by atoms with Gasteiger partial charge < -0.3 is 9.64 Å². The Hall–Kier alpha value is -2.10. The smallest absolute Gasteiger partial charge is 0.315 e. The fourth-order valence-electron chi connectivity index (χ4n) is 2.48. The molecular weight excluding hydrogens is 266 g/mol. The van der Waals surface area contributed by atoms with Crippen molar-refractivity contribution >= 4 is 11.9 Å². The summed E-state index contributed by atoms with van der Waals surface area (Å²) in [5, 5.41) is 0. The van der Waals surface area contributed by atoms with Crippen molar-refractivity contribution in [2.24, 2.45) is 0 Å². The fraction of sp³-hybridized carbons (Fsp3) is 0.412. The van der Waals surface area contributed by atoms with Crippen LogP contribution in [0.3, 0.4) is 0 Å². The summed E-state index contributed by atoms with van der Waals surface area (Å²) in [6.07, 6.45) is 1.28. The topological polar surface area (TPSA) is 46.6 Å². The van der Waals surface area contributed by atoms with Gasteiger partial charge in [0, 0.05) is 13.1 Å². The molecule has 0 bridgehead atoms. The number of fused-ring (bicyclic) bond motifs is 1. The summed E-state index contributed by atoms with van der Waals surface area (Å²) in [5.74, 6) is -0.910. The number of carbonyl (C=O) groups is 2. The van der Waals surface area contributed by atoms with Crippen LogP contribution in [0.5, 0.6) is 0 Å². The Morgan fingerprint density at radius 2 is 2.00 bits per heavy atom. The van der Waals surface area contributed by atoms with Gasteiger partial charge in [-0.15, -0.1) is 0 Å². The van der Waals surface area contributed by atoms with E-state index in [0.29, 0.717) is 13.1 Å². The van der Waals surface area contributed by atoms with Gasteiger partial charge >= 0.3 is 5.97 Å². The minimum absolute atomic E-state index is 0.168. The van der Waals surface area contributed by atoms with Crippen LogP contribution in [-0.4, -0.2) is 28.9 Å². The summed E-state index contributed by atoms with van der Waals surface area (Å²) < 4.78 is 5.49. The van der Waals surface area contributed by atoms with Gasteiger partial charge in [-0.1, -0.05) is 30.8 Å². The molecule has 4 heteroatoms. The molecule has 1 aliphatic heterocycles. The molecule has 0 N–H and O–H groups in total. The molecule has 2 rings (SSSR count). The number of rotatable bonds is 2. The van der Waals surface area contributed by atoms with Gasteiger partial charge in [0.2, 0.25) is 5.91 Å². The zero-order valence-electron chi connectivity index (χ0n) is 12.8. The maximum absolute atomic E-state index is 12.4. The maximum atomic E-state index is 12.4. The Balaban J connectivity index is 2.32. The quantitative estimate of drug-likeness (QED) is 0.620. The molecule has 0 saturated carbocycles. The molecule has 1 atom stereocenters. The Kier molecular flexibility index (Phi) is 4.16. The average Bonchev–Trinajstić information content (AvgIpc) is 2.43. The van der Waals surface area contributed by atoms with E-state index in [2.05, 4.69) is 6.58 Å². The van der Waals surface area contributed by atoms with Crippen molar-refractivity contribution in [1.29, 1.82) is 0 Å². The van der Waals surface area contributed by atoms with Crippen molar-refractivity contribution in [2.45, 2.75) is 38.8 Å². The van der Waals surface area contributed by atoms with E-state index >= 15 is 0 Å². The van der Waals surface area contributed by atoms with Crippen LogP contribution in [0.4, 0.5) is 0 Å². The number of benzene rings is 1. The Labute approximate surface area is 125 Å². The van der Waals surface area contributed by atoms with Crippen molar-refractivity contribution in [3.05, 3.63) is 48.0 Å². The third kappa shape index (κ3) is 3.51. The van der Waals surface area contributed by atoms with Crippen LogP contribution in [-0.2, 0) is 20.9 Å². The summed E-state index contributed by atoms with van der Waals surface area (Å²) in [6.45, 7) is 9.86. The van der Waals surface area contributed by atoms with Crippen LogP contribution in [0.2, 0.25) is 0 Å². The number of amides is 1. The molecule has 0 aromatic heterocycles. The second kappa shape index (κ2) is 5.72. The molecule has 1 heterocycles. The van der Waals surface area contributed by atoms with Crippen LogP contribution in [0.15, 0.2) is 36.9 Å². The van der Waals surface area contributed by atoms with E-state index in [-0.39, 0.29) is 11.9 Å². The minimum Gasteiger partial charge on any atom is -0.459 e. The second-order valence-corrected chi connectivity index (χ2v) is 6.21. The molecule has 0 radical (unpaired) electrons. The molecule has 0 spiro atoms. The van der Waals surface area contributed by atoms with E-state index < -0.39 is 11.5 Å². The highest BCUT2D eigenvalue weighted by molar-refractivity contribution is 5.88. The van der Waals surface area contributed by atoms with Gasteiger partial charge in [-0.2, -0.15) is 0 Å². The zero-order chi connectivity index (χ0) is 15.6. The van der Waals surface area contributed by atoms with Gasteiger partial charge in [0.05, 0.1) is 5.92 Å². The van der Waals surface area contributed by atoms with E-state index in [1.165, 1.54) is 6.08 Å².